The van der Waals surface area contributed by atoms with Crippen molar-refractivity contribution in [2.75, 3.05) is 20.6 Å². The second-order valence-corrected chi connectivity index (χ2v) is 7.86. The Morgan fingerprint density at radius 2 is 1.97 bits per heavy atom. The number of aromatic nitrogens is 3. The molecule has 154 valence electrons. The lowest BCUT2D eigenvalue weighted by Crippen LogP contribution is -2.34. The SMILES string of the molecule is CN(C)[C@@H](CNC(=O)c1cnn(-c2ccccc2F)c1-n1cccc1)c1ccsc1. The molecule has 0 aliphatic carbocycles. The lowest BCUT2D eigenvalue weighted by Gasteiger charge is -2.24. The minimum absolute atomic E-state index is 0.0526. The summed E-state index contributed by atoms with van der Waals surface area (Å²) < 4.78 is 17.6. The molecule has 0 saturated carbocycles. The number of hydrogen-bond donors (Lipinski definition) is 1. The maximum Gasteiger partial charge on any atom is 0.256 e. The fourth-order valence-corrected chi connectivity index (χ4v) is 4.08. The van der Waals surface area contributed by atoms with Gasteiger partial charge in [0, 0.05) is 18.9 Å². The third-order valence-corrected chi connectivity index (χ3v) is 5.63. The van der Waals surface area contributed by atoms with Crippen LogP contribution in [0.25, 0.3) is 11.5 Å². The van der Waals surface area contributed by atoms with Crippen LogP contribution in [0.5, 0.6) is 0 Å². The fraction of sp³-hybridized carbons (Fsp3) is 0.182. The predicted octanol–water partition coefficient (Wildman–Crippen LogP) is 3.90. The molecular formula is C22H22FN5OS. The predicted molar refractivity (Wildman–Crippen MR) is 116 cm³/mol. The molecule has 1 N–H and O–H groups in total. The molecule has 6 nitrogen and oxygen atoms in total. The largest absolute Gasteiger partial charge is 0.350 e. The van der Waals surface area contributed by atoms with E-state index in [0.29, 0.717) is 17.9 Å². The molecule has 8 heteroatoms. The van der Waals surface area contributed by atoms with E-state index in [2.05, 4.69) is 26.8 Å². The molecule has 0 spiro atoms. The second kappa shape index (κ2) is 8.64. The zero-order valence-corrected chi connectivity index (χ0v) is 17.5. The van der Waals surface area contributed by atoms with Crippen LogP contribution in [0.4, 0.5) is 4.39 Å². The van der Waals surface area contributed by atoms with Crippen molar-refractivity contribution in [1.29, 1.82) is 0 Å². The van der Waals surface area contributed by atoms with Crippen molar-refractivity contribution in [2.45, 2.75) is 6.04 Å². The maximum atomic E-state index is 14.4. The van der Waals surface area contributed by atoms with Gasteiger partial charge in [0.25, 0.3) is 5.91 Å². The summed E-state index contributed by atoms with van der Waals surface area (Å²) in [5.74, 6) is -0.186. The van der Waals surface area contributed by atoms with E-state index in [-0.39, 0.29) is 17.6 Å². The van der Waals surface area contributed by atoms with E-state index in [9.17, 15) is 9.18 Å². The number of benzene rings is 1. The molecule has 0 saturated heterocycles. The Hall–Kier alpha value is -3.23. The Labute approximate surface area is 178 Å². The second-order valence-electron chi connectivity index (χ2n) is 7.08. The van der Waals surface area contributed by atoms with Crippen LogP contribution in [0.1, 0.15) is 22.0 Å². The van der Waals surface area contributed by atoms with Gasteiger partial charge in [-0.1, -0.05) is 12.1 Å². The van der Waals surface area contributed by atoms with E-state index in [1.807, 2.05) is 31.6 Å². The molecule has 3 aromatic heterocycles. The normalized spacial score (nSPS) is 12.3. The van der Waals surface area contributed by atoms with Gasteiger partial charge in [0.1, 0.15) is 17.1 Å². The van der Waals surface area contributed by atoms with Crippen LogP contribution < -0.4 is 5.32 Å². The minimum atomic E-state index is -0.411. The minimum Gasteiger partial charge on any atom is -0.350 e. The van der Waals surface area contributed by atoms with Crippen LogP contribution in [0, 0.1) is 5.82 Å². The number of rotatable bonds is 7. The first-order valence-corrected chi connectivity index (χ1v) is 10.4. The quantitative estimate of drug-likeness (QED) is 0.491. The van der Waals surface area contributed by atoms with Gasteiger partial charge in [0.05, 0.1) is 12.2 Å². The first-order chi connectivity index (χ1) is 14.6. The van der Waals surface area contributed by atoms with E-state index in [1.54, 1.807) is 46.5 Å². The van der Waals surface area contributed by atoms with Crippen LogP contribution in [-0.4, -0.2) is 45.8 Å². The number of thiophene rings is 1. The van der Waals surface area contributed by atoms with Gasteiger partial charge in [-0.25, -0.2) is 9.07 Å². The van der Waals surface area contributed by atoms with Crippen molar-refractivity contribution in [1.82, 2.24) is 24.6 Å². The van der Waals surface area contributed by atoms with E-state index < -0.39 is 5.82 Å². The van der Waals surface area contributed by atoms with E-state index in [1.165, 1.54) is 16.9 Å². The van der Waals surface area contributed by atoms with Crippen LogP contribution >= 0.6 is 11.3 Å². The molecule has 4 aromatic rings. The smallest absolute Gasteiger partial charge is 0.256 e. The monoisotopic (exact) mass is 423 g/mol. The van der Waals surface area contributed by atoms with Crippen molar-refractivity contribution in [3.05, 3.63) is 88.8 Å². The molecule has 1 aromatic carbocycles. The summed E-state index contributed by atoms with van der Waals surface area (Å²) in [6.07, 6.45) is 5.09. The number of carbonyl (C=O) groups is 1. The number of halogens is 1. The molecule has 0 fully saturated rings. The number of likely N-dealkylation sites (N-methyl/N-ethyl adjacent to an activating group) is 1. The highest BCUT2D eigenvalue weighted by Crippen LogP contribution is 2.23. The van der Waals surface area contributed by atoms with Crippen molar-refractivity contribution >= 4 is 17.2 Å². The highest BCUT2D eigenvalue weighted by molar-refractivity contribution is 7.07. The number of para-hydroxylation sites is 1. The number of nitrogens with zero attached hydrogens (tertiary/aromatic N) is 4. The van der Waals surface area contributed by atoms with E-state index in [0.717, 1.165) is 5.56 Å². The standard InChI is InChI=1S/C22H22FN5OS/c1-26(2)20(16-9-12-30-15-16)14-24-21(29)17-13-25-28(19-8-4-3-7-18(19)23)22(17)27-10-5-6-11-27/h3-13,15,20H,14H2,1-2H3,(H,24,29)/t20-/m0/s1. The molecule has 30 heavy (non-hydrogen) atoms. The molecule has 3 heterocycles. The Morgan fingerprint density at radius 3 is 2.63 bits per heavy atom. The summed E-state index contributed by atoms with van der Waals surface area (Å²) in [5, 5.41) is 11.4. The van der Waals surface area contributed by atoms with E-state index >= 15 is 0 Å². The average molecular weight is 424 g/mol. The molecular weight excluding hydrogens is 401 g/mol. The Morgan fingerprint density at radius 1 is 1.20 bits per heavy atom. The van der Waals surface area contributed by atoms with Crippen molar-refractivity contribution in [3.8, 4) is 11.5 Å². The Bertz CT molecular complexity index is 1120. The fourth-order valence-electron chi connectivity index (χ4n) is 3.37. The van der Waals surface area contributed by atoms with Crippen LogP contribution in [-0.2, 0) is 0 Å². The molecule has 0 unspecified atom stereocenters. The van der Waals surface area contributed by atoms with Crippen LogP contribution in [0.3, 0.4) is 0 Å². The zero-order valence-electron chi connectivity index (χ0n) is 16.7. The molecule has 0 bridgehead atoms. The Balaban J connectivity index is 1.66. The lowest BCUT2D eigenvalue weighted by atomic mass is 10.1. The summed E-state index contributed by atoms with van der Waals surface area (Å²) in [6, 6.07) is 12.2. The van der Waals surface area contributed by atoms with Gasteiger partial charge in [-0.15, -0.1) is 0 Å². The first kappa shape index (κ1) is 20.1. The molecule has 4 rings (SSSR count). The lowest BCUT2D eigenvalue weighted by molar-refractivity contribution is 0.0942. The summed E-state index contributed by atoms with van der Waals surface area (Å²) in [5.41, 5.74) is 1.81. The number of amides is 1. The third kappa shape index (κ3) is 3.92. The summed E-state index contributed by atoms with van der Waals surface area (Å²) in [6.45, 7) is 0.443. The van der Waals surface area contributed by atoms with Crippen molar-refractivity contribution < 1.29 is 9.18 Å². The van der Waals surface area contributed by atoms with Crippen LogP contribution in [0.2, 0.25) is 0 Å². The topological polar surface area (TPSA) is 55.1 Å². The van der Waals surface area contributed by atoms with Gasteiger partial charge in [0.15, 0.2) is 5.82 Å². The molecule has 0 aliphatic heterocycles. The van der Waals surface area contributed by atoms with Gasteiger partial charge in [0.2, 0.25) is 0 Å². The first-order valence-electron chi connectivity index (χ1n) is 9.49. The zero-order chi connectivity index (χ0) is 21.1. The number of nitrogens with one attached hydrogen (secondary N) is 1. The van der Waals surface area contributed by atoms with Gasteiger partial charge in [-0.05, 0) is 60.8 Å². The van der Waals surface area contributed by atoms with Gasteiger partial charge in [-0.3, -0.25) is 4.79 Å². The molecule has 0 aliphatic rings. The number of carbonyl (C=O) groups excluding carboxylic acids is 1. The van der Waals surface area contributed by atoms with Gasteiger partial charge >= 0.3 is 0 Å². The van der Waals surface area contributed by atoms with Crippen LogP contribution in [0.15, 0.2) is 71.8 Å². The molecule has 0 radical (unpaired) electrons. The summed E-state index contributed by atoms with van der Waals surface area (Å²) >= 11 is 1.63. The van der Waals surface area contributed by atoms with Crippen molar-refractivity contribution in [2.24, 2.45) is 0 Å². The van der Waals surface area contributed by atoms with Gasteiger partial charge < -0.3 is 14.8 Å². The Kier molecular flexibility index (Phi) is 5.78. The van der Waals surface area contributed by atoms with Crippen molar-refractivity contribution in [3.63, 3.8) is 0 Å². The maximum absolute atomic E-state index is 14.4. The summed E-state index contributed by atoms with van der Waals surface area (Å²) in [7, 11) is 3.96. The van der Waals surface area contributed by atoms with E-state index in [4.69, 9.17) is 0 Å². The summed E-state index contributed by atoms with van der Waals surface area (Å²) in [4.78, 5) is 15.2. The third-order valence-electron chi connectivity index (χ3n) is 4.93. The molecule has 1 atom stereocenters. The average Bonchev–Trinajstić information content (AvgIpc) is 3.49. The highest BCUT2D eigenvalue weighted by Gasteiger charge is 2.23. The number of hydrogen-bond acceptors (Lipinski definition) is 4. The highest BCUT2D eigenvalue weighted by atomic mass is 32.1. The van der Waals surface area contributed by atoms with Gasteiger partial charge in [-0.2, -0.15) is 16.4 Å². The molecule has 1 amide bonds.